The first-order valence-electron chi connectivity index (χ1n) is 6.52. The van der Waals surface area contributed by atoms with Gasteiger partial charge in [-0.1, -0.05) is 42.6 Å². The van der Waals surface area contributed by atoms with Gasteiger partial charge in [0.05, 0.1) is 5.60 Å². The van der Waals surface area contributed by atoms with Crippen LogP contribution in [0.5, 0.6) is 0 Å². The molecule has 2 N–H and O–H groups in total. The Morgan fingerprint density at radius 3 is 2.74 bits per heavy atom. The lowest BCUT2D eigenvalue weighted by atomic mass is 10.0. The van der Waals surface area contributed by atoms with E-state index in [1.54, 1.807) is 12.1 Å². The lowest BCUT2D eigenvalue weighted by Gasteiger charge is -2.21. The minimum atomic E-state index is -0.714. The van der Waals surface area contributed by atoms with E-state index in [0.717, 1.165) is 31.2 Å². The fraction of sp³-hybridized carbons (Fsp3) is 0.400. The molecular weight excluding hydrogens is 262 g/mol. The highest BCUT2D eigenvalue weighted by Gasteiger charge is 2.30. The fourth-order valence-corrected chi connectivity index (χ4v) is 2.49. The van der Waals surface area contributed by atoms with Gasteiger partial charge in [0.15, 0.2) is 0 Å². The van der Waals surface area contributed by atoms with Gasteiger partial charge in [-0.25, -0.2) is 0 Å². The van der Waals surface area contributed by atoms with Crippen LogP contribution in [-0.4, -0.2) is 23.2 Å². The van der Waals surface area contributed by atoms with Gasteiger partial charge >= 0.3 is 0 Å². The van der Waals surface area contributed by atoms with Gasteiger partial charge < -0.3 is 10.4 Å². The second-order valence-corrected chi connectivity index (χ2v) is 5.41. The summed E-state index contributed by atoms with van der Waals surface area (Å²) in [6.07, 6.45) is 6.71. The third-order valence-electron chi connectivity index (χ3n) is 3.45. The minimum absolute atomic E-state index is 0.208. The van der Waals surface area contributed by atoms with E-state index in [2.05, 4.69) is 5.32 Å². The van der Waals surface area contributed by atoms with Gasteiger partial charge in [0, 0.05) is 17.6 Å². The molecular formula is C15H18ClNO2. The molecule has 2 rings (SSSR count). The van der Waals surface area contributed by atoms with Crippen molar-refractivity contribution >= 4 is 23.6 Å². The number of hydrogen-bond donors (Lipinski definition) is 2. The highest BCUT2D eigenvalue weighted by molar-refractivity contribution is 6.32. The number of amides is 1. The summed E-state index contributed by atoms with van der Waals surface area (Å²) in [5, 5.41) is 13.5. The van der Waals surface area contributed by atoms with Gasteiger partial charge in [0.2, 0.25) is 5.91 Å². The maximum Gasteiger partial charge on any atom is 0.244 e. The van der Waals surface area contributed by atoms with Crippen LogP contribution < -0.4 is 5.32 Å². The van der Waals surface area contributed by atoms with Crippen LogP contribution >= 0.6 is 11.6 Å². The summed E-state index contributed by atoms with van der Waals surface area (Å²) in [5.41, 5.74) is 0.0901. The van der Waals surface area contributed by atoms with E-state index in [1.165, 1.54) is 6.08 Å². The molecule has 1 aromatic rings. The molecule has 102 valence electrons. The van der Waals surface area contributed by atoms with Crippen molar-refractivity contribution in [1.29, 1.82) is 0 Å². The van der Waals surface area contributed by atoms with Crippen LogP contribution in [0.25, 0.3) is 6.08 Å². The van der Waals surface area contributed by atoms with Crippen molar-refractivity contribution < 1.29 is 9.90 Å². The molecule has 1 aromatic carbocycles. The summed E-state index contributed by atoms with van der Waals surface area (Å²) in [6.45, 7) is 0.318. The Kier molecular flexibility index (Phi) is 4.61. The number of halogens is 1. The lowest BCUT2D eigenvalue weighted by molar-refractivity contribution is -0.117. The van der Waals surface area contributed by atoms with Gasteiger partial charge in [-0.15, -0.1) is 0 Å². The Labute approximate surface area is 118 Å². The van der Waals surface area contributed by atoms with Crippen LogP contribution in [0, 0.1) is 0 Å². The molecule has 0 radical (unpaired) electrons. The summed E-state index contributed by atoms with van der Waals surface area (Å²) >= 11 is 5.99. The van der Waals surface area contributed by atoms with Crippen molar-refractivity contribution in [2.75, 3.05) is 6.54 Å². The molecule has 1 amide bonds. The van der Waals surface area contributed by atoms with E-state index in [9.17, 15) is 9.90 Å². The molecule has 4 heteroatoms. The molecule has 1 saturated carbocycles. The number of nitrogens with one attached hydrogen (secondary N) is 1. The quantitative estimate of drug-likeness (QED) is 0.833. The predicted octanol–water partition coefficient (Wildman–Crippen LogP) is 2.77. The van der Waals surface area contributed by atoms with Crippen LogP contribution in [0.1, 0.15) is 31.2 Å². The summed E-state index contributed by atoms with van der Waals surface area (Å²) in [7, 11) is 0. The molecule has 1 aliphatic rings. The largest absolute Gasteiger partial charge is 0.388 e. The van der Waals surface area contributed by atoms with Gasteiger partial charge in [-0.3, -0.25) is 4.79 Å². The van der Waals surface area contributed by atoms with Crippen molar-refractivity contribution in [3.05, 3.63) is 40.9 Å². The van der Waals surface area contributed by atoms with Crippen LogP contribution in [0.2, 0.25) is 5.02 Å². The molecule has 0 heterocycles. The zero-order valence-electron chi connectivity index (χ0n) is 10.7. The average Bonchev–Trinajstić information content (AvgIpc) is 2.83. The maximum atomic E-state index is 11.7. The molecule has 0 unspecified atom stereocenters. The summed E-state index contributed by atoms with van der Waals surface area (Å²) < 4.78 is 0. The Hall–Kier alpha value is -1.32. The number of hydrogen-bond acceptors (Lipinski definition) is 2. The van der Waals surface area contributed by atoms with Crippen LogP contribution in [0.15, 0.2) is 30.3 Å². The molecule has 1 fully saturated rings. The predicted molar refractivity (Wildman–Crippen MR) is 76.9 cm³/mol. The molecule has 0 saturated heterocycles. The third kappa shape index (κ3) is 4.08. The van der Waals surface area contributed by atoms with Crippen LogP contribution in [-0.2, 0) is 4.79 Å². The fourth-order valence-electron chi connectivity index (χ4n) is 2.30. The first-order valence-corrected chi connectivity index (χ1v) is 6.90. The smallest absolute Gasteiger partial charge is 0.244 e. The number of rotatable bonds is 4. The van der Waals surface area contributed by atoms with E-state index >= 15 is 0 Å². The molecule has 19 heavy (non-hydrogen) atoms. The van der Waals surface area contributed by atoms with Crippen LogP contribution in [0.4, 0.5) is 0 Å². The molecule has 0 bridgehead atoms. The number of benzene rings is 1. The molecule has 3 nitrogen and oxygen atoms in total. The van der Waals surface area contributed by atoms with Gasteiger partial charge in [-0.05, 0) is 30.5 Å². The number of carbonyl (C=O) groups excluding carboxylic acids is 1. The second kappa shape index (κ2) is 6.22. The first kappa shape index (κ1) is 14.1. The molecule has 1 aliphatic carbocycles. The zero-order chi connectivity index (χ0) is 13.7. The lowest BCUT2D eigenvalue weighted by Crippen LogP contribution is -2.40. The molecule has 0 atom stereocenters. The topological polar surface area (TPSA) is 49.3 Å². The minimum Gasteiger partial charge on any atom is -0.388 e. The van der Waals surface area contributed by atoms with Crippen molar-refractivity contribution in [3.8, 4) is 0 Å². The molecule has 0 aliphatic heterocycles. The van der Waals surface area contributed by atoms with E-state index in [0.29, 0.717) is 11.6 Å². The van der Waals surface area contributed by atoms with Crippen molar-refractivity contribution in [3.63, 3.8) is 0 Å². The van der Waals surface area contributed by atoms with Crippen molar-refractivity contribution in [2.24, 2.45) is 0 Å². The zero-order valence-corrected chi connectivity index (χ0v) is 11.5. The monoisotopic (exact) mass is 279 g/mol. The summed E-state index contributed by atoms with van der Waals surface area (Å²) in [6, 6.07) is 7.33. The summed E-state index contributed by atoms with van der Waals surface area (Å²) in [5.74, 6) is -0.208. The number of carbonyl (C=O) groups is 1. The van der Waals surface area contributed by atoms with E-state index < -0.39 is 5.60 Å². The van der Waals surface area contributed by atoms with E-state index in [1.807, 2.05) is 18.2 Å². The highest BCUT2D eigenvalue weighted by atomic mass is 35.5. The number of aliphatic hydroxyl groups is 1. The Balaban J connectivity index is 1.86. The molecule has 0 aromatic heterocycles. The van der Waals surface area contributed by atoms with Gasteiger partial charge in [0.25, 0.3) is 0 Å². The van der Waals surface area contributed by atoms with E-state index in [-0.39, 0.29) is 5.91 Å². The third-order valence-corrected chi connectivity index (χ3v) is 3.79. The van der Waals surface area contributed by atoms with Crippen molar-refractivity contribution in [1.82, 2.24) is 5.32 Å². The maximum absolute atomic E-state index is 11.7. The normalized spacial score (nSPS) is 17.8. The first-order chi connectivity index (χ1) is 9.09. The second-order valence-electron chi connectivity index (χ2n) is 5.00. The standard InChI is InChI=1S/C15H18ClNO2/c16-13-6-2-1-5-12(13)7-8-14(18)17-11-15(19)9-3-4-10-15/h1-2,5-8,19H,3-4,9-11H2,(H,17,18). The Bertz CT molecular complexity index is 479. The van der Waals surface area contributed by atoms with Crippen LogP contribution in [0.3, 0.4) is 0 Å². The SMILES string of the molecule is O=C(C=Cc1ccccc1Cl)NCC1(O)CCCC1. The van der Waals surface area contributed by atoms with Gasteiger partial charge in [0.1, 0.15) is 0 Å². The van der Waals surface area contributed by atoms with Crippen molar-refractivity contribution in [2.45, 2.75) is 31.3 Å². The average molecular weight is 280 g/mol. The highest BCUT2D eigenvalue weighted by Crippen LogP contribution is 2.28. The van der Waals surface area contributed by atoms with E-state index in [4.69, 9.17) is 11.6 Å². The molecule has 0 spiro atoms. The Morgan fingerprint density at radius 1 is 1.37 bits per heavy atom. The van der Waals surface area contributed by atoms with Gasteiger partial charge in [-0.2, -0.15) is 0 Å². The summed E-state index contributed by atoms with van der Waals surface area (Å²) in [4.78, 5) is 11.7. The Morgan fingerprint density at radius 2 is 2.05 bits per heavy atom.